The molecule has 0 radical (unpaired) electrons. The van der Waals surface area contributed by atoms with Gasteiger partial charge in [-0.1, -0.05) is 6.92 Å². The molecule has 0 aliphatic carbocycles. The molecular formula is C14H18N4O2. The minimum atomic E-state index is -0.472. The normalized spacial score (nSPS) is 22.1. The first-order valence-corrected chi connectivity index (χ1v) is 6.54. The van der Waals surface area contributed by atoms with Gasteiger partial charge in [0.1, 0.15) is 6.07 Å². The molecule has 2 unspecified atom stereocenters. The number of hydrogen-bond donors (Lipinski definition) is 0. The third-order valence-electron chi connectivity index (χ3n) is 3.89. The van der Waals surface area contributed by atoms with Crippen LogP contribution in [0, 0.1) is 27.4 Å². The van der Waals surface area contributed by atoms with Gasteiger partial charge in [-0.2, -0.15) is 5.26 Å². The first-order chi connectivity index (χ1) is 9.43. The molecule has 0 N–H and O–H groups in total. The van der Waals surface area contributed by atoms with Crippen LogP contribution in [0.1, 0.15) is 12.5 Å². The summed E-state index contributed by atoms with van der Waals surface area (Å²) in [5.74, 6) is 0.492. The van der Waals surface area contributed by atoms with Crippen LogP contribution in [0.15, 0.2) is 18.2 Å². The van der Waals surface area contributed by atoms with Crippen LogP contribution in [-0.4, -0.2) is 43.0 Å². The molecule has 6 heteroatoms. The molecule has 20 heavy (non-hydrogen) atoms. The van der Waals surface area contributed by atoms with Crippen LogP contribution in [-0.2, 0) is 0 Å². The first-order valence-electron chi connectivity index (χ1n) is 6.54. The summed E-state index contributed by atoms with van der Waals surface area (Å²) in [5, 5.41) is 20.0. The molecule has 0 spiro atoms. The van der Waals surface area contributed by atoms with Crippen LogP contribution in [0.25, 0.3) is 0 Å². The molecule has 1 aromatic carbocycles. The van der Waals surface area contributed by atoms with Crippen molar-refractivity contribution in [3.63, 3.8) is 0 Å². The fourth-order valence-electron chi connectivity index (χ4n) is 2.82. The molecule has 106 valence electrons. The summed E-state index contributed by atoms with van der Waals surface area (Å²) in [4.78, 5) is 14.6. The van der Waals surface area contributed by atoms with Gasteiger partial charge >= 0.3 is 0 Å². The number of nitriles is 1. The summed E-state index contributed by atoms with van der Waals surface area (Å²) < 4.78 is 0. The molecule has 1 saturated heterocycles. The highest BCUT2D eigenvalue weighted by atomic mass is 16.6. The zero-order valence-electron chi connectivity index (χ0n) is 11.9. The predicted molar refractivity (Wildman–Crippen MR) is 76.7 cm³/mol. The zero-order valence-corrected chi connectivity index (χ0v) is 11.9. The number of hydrogen-bond acceptors (Lipinski definition) is 5. The number of nitro benzene ring substituents is 1. The fraction of sp³-hybridized carbons (Fsp3) is 0.500. The number of likely N-dealkylation sites (N-methyl/N-ethyl adjacent to an activating group) is 1. The monoisotopic (exact) mass is 274 g/mol. The van der Waals surface area contributed by atoms with Gasteiger partial charge < -0.3 is 9.80 Å². The molecule has 1 heterocycles. The topological polar surface area (TPSA) is 73.4 Å². The Balaban J connectivity index is 2.31. The van der Waals surface area contributed by atoms with Gasteiger partial charge in [0.15, 0.2) is 0 Å². The second-order valence-electron chi connectivity index (χ2n) is 5.48. The number of anilines is 1. The number of nitro groups is 1. The molecule has 1 aromatic rings. The highest BCUT2D eigenvalue weighted by Crippen LogP contribution is 2.30. The van der Waals surface area contributed by atoms with Gasteiger partial charge in [0.25, 0.3) is 5.69 Å². The lowest BCUT2D eigenvalue weighted by atomic mass is 10.1. The SMILES string of the molecule is CC1CN(c2ccc([N+](=O)[O-])cc2C#N)CC1N(C)C. The van der Waals surface area contributed by atoms with E-state index in [1.54, 1.807) is 6.07 Å². The van der Waals surface area contributed by atoms with Crippen molar-refractivity contribution in [3.05, 3.63) is 33.9 Å². The van der Waals surface area contributed by atoms with E-state index in [1.165, 1.54) is 12.1 Å². The van der Waals surface area contributed by atoms with E-state index in [2.05, 4.69) is 22.8 Å². The molecule has 0 amide bonds. The van der Waals surface area contributed by atoms with Crippen molar-refractivity contribution in [1.29, 1.82) is 5.26 Å². The zero-order chi connectivity index (χ0) is 14.9. The van der Waals surface area contributed by atoms with Gasteiger partial charge in [-0.05, 0) is 26.1 Å². The van der Waals surface area contributed by atoms with Gasteiger partial charge in [0.2, 0.25) is 0 Å². The van der Waals surface area contributed by atoms with Crippen molar-refractivity contribution in [3.8, 4) is 6.07 Å². The highest BCUT2D eigenvalue weighted by molar-refractivity contribution is 5.63. The number of rotatable bonds is 3. The van der Waals surface area contributed by atoms with Crippen molar-refractivity contribution >= 4 is 11.4 Å². The summed E-state index contributed by atoms with van der Waals surface area (Å²) in [7, 11) is 4.09. The molecular weight excluding hydrogens is 256 g/mol. The lowest BCUT2D eigenvalue weighted by Crippen LogP contribution is -2.34. The Morgan fingerprint density at radius 1 is 1.45 bits per heavy atom. The van der Waals surface area contributed by atoms with E-state index < -0.39 is 4.92 Å². The smallest absolute Gasteiger partial charge is 0.270 e. The molecule has 0 aromatic heterocycles. The summed E-state index contributed by atoms with van der Waals surface area (Å²) >= 11 is 0. The highest BCUT2D eigenvalue weighted by Gasteiger charge is 2.32. The maximum absolute atomic E-state index is 10.8. The summed E-state index contributed by atoms with van der Waals surface area (Å²) in [6.07, 6.45) is 0. The van der Waals surface area contributed by atoms with E-state index in [0.717, 1.165) is 18.8 Å². The Kier molecular flexibility index (Phi) is 3.91. The minimum Gasteiger partial charge on any atom is -0.369 e. The molecule has 1 aliphatic rings. The van der Waals surface area contributed by atoms with Crippen molar-refractivity contribution < 1.29 is 4.92 Å². The van der Waals surface area contributed by atoms with Gasteiger partial charge in [-0.3, -0.25) is 10.1 Å². The number of benzene rings is 1. The largest absolute Gasteiger partial charge is 0.369 e. The molecule has 2 rings (SSSR count). The number of nitrogens with zero attached hydrogens (tertiary/aromatic N) is 4. The third-order valence-corrected chi connectivity index (χ3v) is 3.89. The van der Waals surface area contributed by atoms with Crippen LogP contribution in [0.3, 0.4) is 0 Å². The maximum Gasteiger partial charge on any atom is 0.270 e. The Bertz CT molecular complexity index is 565. The maximum atomic E-state index is 10.8. The lowest BCUT2D eigenvalue weighted by Gasteiger charge is -2.23. The number of non-ortho nitro benzene ring substituents is 1. The first kappa shape index (κ1) is 14.3. The second kappa shape index (κ2) is 5.47. The molecule has 0 bridgehead atoms. The standard InChI is InChI=1S/C14H18N4O2/c1-10-8-17(9-14(10)16(2)3)13-5-4-12(18(19)20)6-11(13)7-15/h4-6,10,14H,8-9H2,1-3H3. The lowest BCUT2D eigenvalue weighted by molar-refractivity contribution is -0.384. The van der Waals surface area contributed by atoms with E-state index in [0.29, 0.717) is 17.5 Å². The summed E-state index contributed by atoms with van der Waals surface area (Å²) in [6, 6.07) is 6.99. The molecule has 2 atom stereocenters. The van der Waals surface area contributed by atoms with Gasteiger partial charge in [0.05, 0.1) is 16.2 Å². The molecule has 0 saturated carbocycles. The Labute approximate surface area is 118 Å². The van der Waals surface area contributed by atoms with Crippen LogP contribution < -0.4 is 4.90 Å². The van der Waals surface area contributed by atoms with E-state index in [1.807, 2.05) is 14.1 Å². The van der Waals surface area contributed by atoms with Gasteiger partial charge in [-0.25, -0.2) is 0 Å². The van der Waals surface area contributed by atoms with Crippen molar-refractivity contribution in [2.75, 3.05) is 32.1 Å². The van der Waals surface area contributed by atoms with Gasteiger partial charge in [-0.15, -0.1) is 0 Å². The third kappa shape index (κ3) is 2.58. The second-order valence-corrected chi connectivity index (χ2v) is 5.48. The van der Waals surface area contributed by atoms with E-state index in [4.69, 9.17) is 0 Å². The Morgan fingerprint density at radius 3 is 2.65 bits per heavy atom. The molecule has 6 nitrogen and oxygen atoms in total. The fourth-order valence-corrected chi connectivity index (χ4v) is 2.82. The Morgan fingerprint density at radius 2 is 2.15 bits per heavy atom. The van der Waals surface area contributed by atoms with Crippen molar-refractivity contribution in [2.45, 2.75) is 13.0 Å². The molecule has 1 fully saturated rings. The average molecular weight is 274 g/mol. The van der Waals surface area contributed by atoms with Crippen LogP contribution in [0.5, 0.6) is 0 Å². The van der Waals surface area contributed by atoms with Crippen LogP contribution in [0.2, 0.25) is 0 Å². The summed E-state index contributed by atoms with van der Waals surface area (Å²) in [6.45, 7) is 3.87. The summed E-state index contributed by atoms with van der Waals surface area (Å²) in [5.41, 5.74) is 1.11. The Hall–Kier alpha value is -2.13. The molecule has 1 aliphatic heterocycles. The quantitative estimate of drug-likeness (QED) is 0.621. The van der Waals surface area contributed by atoms with Crippen LogP contribution >= 0.6 is 0 Å². The van der Waals surface area contributed by atoms with Crippen molar-refractivity contribution in [2.24, 2.45) is 5.92 Å². The minimum absolute atomic E-state index is 0.0401. The van der Waals surface area contributed by atoms with Gasteiger partial charge in [0, 0.05) is 31.3 Å². The van der Waals surface area contributed by atoms with E-state index >= 15 is 0 Å². The van der Waals surface area contributed by atoms with E-state index in [-0.39, 0.29) is 5.69 Å². The van der Waals surface area contributed by atoms with Crippen LogP contribution in [0.4, 0.5) is 11.4 Å². The van der Waals surface area contributed by atoms with E-state index in [9.17, 15) is 15.4 Å². The average Bonchev–Trinajstić information content (AvgIpc) is 2.80. The predicted octanol–water partition coefficient (Wildman–Crippen LogP) is 1.85. The van der Waals surface area contributed by atoms with Crippen molar-refractivity contribution in [1.82, 2.24) is 4.90 Å².